The average molecular weight is 343 g/mol. The van der Waals surface area contributed by atoms with E-state index in [4.69, 9.17) is 9.31 Å². The van der Waals surface area contributed by atoms with Gasteiger partial charge in [-0.2, -0.15) is 0 Å². The van der Waals surface area contributed by atoms with E-state index in [2.05, 4.69) is 63.4 Å². The smallest absolute Gasteiger partial charge is 0.399 e. The molecule has 1 aromatic carbocycles. The van der Waals surface area contributed by atoms with Gasteiger partial charge in [-0.05, 0) is 56.6 Å². The minimum atomic E-state index is -0.304. The molecule has 0 atom stereocenters. The van der Waals surface area contributed by atoms with Crippen LogP contribution in [0.3, 0.4) is 0 Å². The van der Waals surface area contributed by atoms with Crippen LogP contribution in [0.1, 0.15) is 61.0 Å². The van der Waals surface area contributed by atoms with Crippen molar-refractivity contribution in [2.45, 2.75) is 66.6 Å². The lowest BCUT2D eigenvalue weighted by molar-refractivity contribution is 0.00578. The number of rotatable bonds is 2. The second-order valence-electron chi connectivity index (χ2n) is 6.65. The molecule has 4 heteroatoms. The van der Waals surface area contributed by atoms with Crippen LogP contribution in [0.5, 0.6) is 0 Å². The maximum atomic E-state index is 6.12. The Morgan fingerprint density at radius 2 is 1.56 bits per heavy atom. The number of hydrogen-bond donors (Lipinski definition) is 1. The minimum absolute atomic E-state index is 0.303. The molecule has 1 fully saturated rings. The quantitative estimate of drug-likeness (QED) is 0.800. The van der Waals surface area contributed by atoms with Gasteiger partial charge in [-0.15, -0.1) is 0 Å². The van der Waals surface area contributed by atoms with E-state index in [1.165, 1.54) is 11.1 Å². The molecule has 2 heterocycles. The Morgan fingerprint density at radius 1 is 0.960 bits per heavy atom. The largest absolute Gasteiger partial charge is 0.494 e. The molecular weight excluding hydrogens is 309 g/mol. The standard InChI is InChI=1S/C17H22BNO2.2C2H6/c1-16(2)17(3,4)21-18(20-16)15-9-5-7-13(11-15)14-8-6-10-19-12-14;2*1-2/h5-11,19H,12H2,1-4H3;2*1-2H3. The summed E-state index contributed by atoms with van der Waals surface area (Å²) in [4.78, 5) is 0. The molecule has 1 aromatic rings. The first-order chi connectivity index (χ1) is 11.9. The molecule has 0 bridgehead atoms. The van der Waals surface area contributed by atoms with Crippen LogP contribution < -0.4 is 10.8 Å². The Labute approximate surface area is 154 Å². The van der Waals surface area contributed by atoms with E-state index in [0.29, 0.717) is 0 Å². The molecule has 0 aliphatic carbocycles. The minimum Gasteiger partial charge on any atom is -0.399 e. The fourth-order valence-electron chi connectivity index (χ4n) is 2.52. The van der Waals surface area contributed by atoms with Gasteiger partial charge in [0.15, 0.2) is 0 Å². The molecule has 2 aliphatic rings. The maximum Gasteiger partial charge on any atom is 0.494 e. The van der Waals surface area contributed by atoms with Crippen molar-refractivity contribution < 1.29 is 9.31 Å². The van der Waals surface area contributed by atoms with Gasteiger partial charge in [0.1, 0.15) is 0 Å². The predicted octanol–water partition coefficient (Wildman–Crippen LogP) is 4.54. The molecule has 25 heavy (non-hydrogen) atoms. The highest BCUT2D eigenvalue weighted by Crippen LogP contribution is 2.36. The Hall–Kier alpha value is -1.52. The molecule has 0 radical (unpaired) electrons. The normalized spacial score (nSPS) is 19.7. The zero-order chi connectivity index (χ0) is 19.1. The SMILES string of the molecule is CC.CC.CC1(C)OB(c2cccc(C3=CC=CNC3)c2)OC1(C)C. The summed E-state index contributed by atoms with van der Waals surface area (Å²) in [5.74, 6) is 0. The lowest BCUT2D eigenvalue weighted by Gasteiger charge is -2.32. The summed E-state index contributed by atoms with van der Waals surface area (Å²) in [6.07, 6.45) is 6.13. The molecule has 0 aromatic heterocycles. The van der Waals surface area contributed by atoms with Crippen molar-refractivity contribution in [3.63, 3.8) is 0 Å². The van der Waals surface area contributed by atoms with E-state index >= 15 is 0 Å². The van der Waals surface area contributed by atoms with Crippen molar-refractivity contribution in [3.8, 4) is 0 Å². The van der Waals surface area contributed by atoms with E-state index in [1.54, 1.807) is 0 Å². The first-order valence-corrected chi connectivity index (χ1v) is 9.44. The van der Waals surface area contributed by atoms with Crippen molar-refractivity contribution in [2.24, 2.45) is 0 Å². The van der Waals surface area contributed by atoms with Crippen molar-refractivity contribution in [1.29, 1.82) is 0 Å². The summed E-state index contributed by atoms with van der Waals surface area (Å²) in [7, 11) is -0.303. The highest BCUT2D eigenvalue weighted by Gasteiger charge is 2.51. The topological polar surface area (TPSA) is 30.5 Å². The number of nitrogens with one attached hydrogen (secondary N) is 1. The number of benzene rings is 1. The summed E-state index contributed by atoms with van der Waals surface area (Å²) in [6.45, 7) is 17.2. The van der Waals surface area contributed by atoms with Crippen molar-refractivity contribution >= 4 is 18.2 Å². The molecule has 1 N–H and O–H groups in total. The zero-order valence-electron chi connectivity index (χ0n) is 17.1. The van der Waals surface area contributed by atoms with Crippen molar-refractivity contribution in [1.82, 2.24) is 5.32 Å². The molecule has 3 nitrogen and oxygen atoms in total. The lowest BCUT2D eigenvalue weighted by atomic mass is 9.78. The molecule has 0 unspecified atom stereocenters. The van der Waals surface area contributed by atoms with Gasteiger partial charge in [0.2, 0.25) is 0 Å². The van der Waals surface area contributed by atoms with Crippen LogP contribution in [0.25, 0.3) is 5.57 Å². The van der Waals surface area contributed by atoms with Gasteiger partial charge in [-0.25, -0.2) is 0 Å². The summed E-state index contributed by atoms with van der Waals surface area (Å²) < 4.78 is 12.2. The van der Waals surface area contributed by atoms with Crippen LogP contribution in [0.4, 0.5) is 0 Å². The molecular formula is C21H34BNO2. The second-order valence-corrected chi connectivity index (χ2v) is 6.65. The molecule has 3 rings (SSSR count). The molecule has 0 amide bonds. The van der Waals surface area contributed by atoms with Crippen LogP contribution in [0.2, 0.25) is 0 Å². The fourth-order valence-corrected chi connectivity index (χ4v) is 2.52. The van der Waals surface area contributed by atoms with Gasteiger partial charge < -0.3 is 14.6 Å². The third kappa shape index (κ3) is 4.99. The van der Waals surface area contributed by atoms with Gasteiger partial charge in [-0.1, -0.05) is 58.0 Å². The monoisotopic (exact) mass is 343 g/mol. The molecule has 1 saturated heterocycles. The molecule has 0 spiro atoms. The third-order valence-corrected chi connectivity index (χ3v) is 4.59. The van der Waals surface area contributed by atoms with E-state index < -0.39 is 0 Å². The van der Waals surface area contributed by atoms with Crippen LogP contribution in [-0.2, 0) is 9.31 Å². The first-order valence-electron chi connectivity index (χ1n) is 9.44. The fraction of sp³-hybridized carbons (Fsp3) is 0.524. The van der Waals surface area contributed by atoms with Crippen LogP contribution in [-0.4, -0.2) is 24.9 Å². The van der Waals surface area contributed by atoms with Gasteiger partial charge >= 0.3 is 7.12 Å². The number of allylic oxidation sites excluding steroid dienone is 2. The van der Waals surface area contributed by atoms with E-state index in [-0.39, 0.29) is 18.3 Å². The third-order valence-electron chi connectivity index (χ3n) is 4.59. The van der Waals surface area contributed by atoms with Gasteiger partial charge in [-0.3, -0.25) is 0 Å². The Kier molecular flexibility index (Phi) is 7.97. The zero-order valence-corrected chi connectivity index (χ0v) is 17.1. The van der Waals surface area contributed by atoms with E-state index in [0.717, 1.165) is 12.0 Å². The molecule has 0 saturated carbocycles. The first kappa shape index (κ1) is 21.5. The Balaban J connectivity index is 0.000000730. The van der Waals surface area contributed by atoms with Crippen LogP contribution in [0.15, 0.2) is 42.6 Å². The summed E-state index contributed by atoms with van der Waals surface area (Å²) >= 11 is 0. The summed E-state index contributed by atoms with van der Waals surface area (Å²) in [5, 5.41) is 3.24. The number of hydrogen-bond acceptors (Lipinski definition) is 3. The molecule has 138 valence electrons. The lowest BCUT2D eigenvalue weighted by Crippen LogP contribution is -2.41. The van der Waals surface area contributed by atoms with Gasteiger partial charge in [0.25, 0.3) is 0 Å². The Morgan fingerprint density at radius 3 is 2.08 bits per heavy atom. The Bertz CT molecular complexity index is 590. The summed E-state index contributed by atoms with van der Waals surface area (Å²) in [6, 6.07) is 8.42. The van der Waals surface area contributed by atoms with E-state index in [9.17, 15) is 0 Å². The predicted molar refractivity (Wildman–Crippen MR) is 110 cm³/mol. The van der Waals surface area contributed by atoms with Crippen LogP contribution in [0, 0.1) is 0 Å². The van der Waals surface area contributed by atoms with E-state index in [1.807, 2.05) is 40.0 Å². The second kappa shape index (κ2) is 9.26. The van der Waals surface area contributed by atoms with Crippen LogP contribution >= 0.6 is 0 Å². The van der Waals surface area contributed by atoms with Gasteiger partial charge in [0.05, 0.1) is 11.2 Å². The molecule has 2 aliphatic heterocycles. The highest BCUT2D eigenvalue weighted by atomic mass is 16.7. The highest BCUT2D eigenvalue weighted by molar-refractivity contribution is 6.62. The average Bonchev–Trinajstić information content (AvgIpc) is 2.87. The van der Waals surface area contributed by atoms with Crippen molar-refractivity contribution in [3.05, 3.63) is 48.2 Å². The van der Waals surface area contributed by atoms with Gasteiger partial charge in [0, 0.05) is 6.54 Å². The maximum absolute atomic E-state index is 6.12. The number of dihydropyridines is 1. The van der Waals surface area contributed by atoms with Crippen molar-refractivity contribution in [2.75, 3.05) is 6.54 Å². The summed E-state index contributed by atoms with van der Waals surface area (Å²) in [5.41, 5.74) is 2.95.